The van der Waals surface area contributed by atoms with Gasteiger partial charge in [0.1, 0.15) is 0 Å². The lowest BCUT2D eigenvalue weighted by Crippen LogP contribution is -2.39. The molecule has 1 atom stereocenters. The highest BCUT2D eigenvalue weighted by Gasteiger charge is 2.25. The van der Waals surface area contributed by atoms with Crippen LogP contribution in [-0.2, 0) is 11.3 Å². The fraction of sp³-hybridized carbons (Fsp3) is 0.444. The van der Waals surface area contributed by atoms with Crippen LogP contribution in [0.25, 0.3) is 11.0 Å². The summed E-state index contributed by atoms with van der Waals surface area (Å²) >= 11 is 0. The van der Waals surface area contributed by atoms with Crippen LogP contribution in [0.1, 0.15) is 36.6 Å². The molecule has 0 aliphatic carbocycles. The number of amides is 1. The van der Waals surface area contributed by atoms with E-state index in [2.05, 4.69) is 26.3 Å². The van der Waals surface area contributed by atoms with E-state index in [1.807, 2.05) is 34.8 Å². The maximum absolute atomic E-state index is 12.6. The van der Waals surface area contributed by atoms with Gasteiger partial charge in [0.05, 0.1) is 11.9 Å². The van der Waals surface area contributed by atoms with Gasteiger partial charge >= 0.3 is 0 Å². The van der Waals surface area contributed by atoms with Crippen LogP contribution in [0.15, 0.2) is 30.6 Å². The summed E-state index contributed by atoms with van der Waals surface area (Å²) in [5, 5.41) is 12.3. The standard InChI is InChI=1S/C18H22N6O/c1-13-6-9-24(22-13)10-7-17(25)23-8-2-3-15(12-23)16-5-4-14-11-19-21-18(14)20-16/h4-6,9,11,15H,2-3,7-8,10,12H2,1H3,(H,19,20,21)/t15-/m1/s1. The van der Waals surface area contributed by atoms with E-state index in [-0.39, 0.29) is 11.8 Å². The summed E-state index contributed by atoms with van der Waals surface area (Å²) < 4.78 is 1.84. The molecule has 25 heavy (non-hydrogen) atoms. The lowest BCUT2D eigenvalue weighted by Gasteiger charge is -2.32. The number of nitrogens with zero attached hydrogens (tertiary/aromatic N) is 5. The molecule has 1 aliphatic heterocycles. The third-order valence-corrected chi connectivity index (χ3v) is 4.84. The Bertz CT molecular complexity index is 882. The second kappa shape index (κ2) is 6.66. The summed E-state index contributed by atoms with van der Waals surface area (Å²) in [6.45, 7) is 4.16. The summed E-state index contributed by atoms with van der Waals surface area (Å²) in [4.78, 5) is 19.2. The van der Waals surface area contributed by atoms with Gasteiger partial charge in [-0.15, -0.1) is 0 Å². The fourth-order valence-electron chi connectivity index (χ4n) is 3.47. The van der Waals surface area contributed by atoms with Gasteiger partial charge in [-0.2, -0.15) is 10.2 Å². The third-order valence-electron chi connectivity index (χ3n) is 4.84. The second-order valence-electron chi connectivity index (χ2n) is 6.69. The highest BCUT2D eigenvalue weighted by molar-refractivity contribution is 5.76. The van der Waals surface area contributed by atoms with Crippen molar-refractivity contribution in [3.63, 3.8) is 0 Å². The Labute approximate surface area is 146 Å². The van der Waals surface area contributed by atoms with E-state index in [4.69, 9.17) is 0 Å². The van der Waals surface area contributed by atoms with Crippen LogP contribution >= 0.6 is 0 Å². The largest absolute Gasteiger partial charge is 0.342 e. The molecule has 0 bridgehead atoms. The van der Waals surface area contributed by atoms with Crippen molar-refractivity contribution in [3.8, 4) is 0 Å². The molecule has 1 fully saturated rings. The summed E-state index contributed by atoms with van der Waals surface area (Å²) in [7, 11) is 0. The summed E-state index contributed by atoms with van der Waals surface area (Å²) in [6, 6.07) is 6.06. The number of hydrogen-bond donors (Lipinski definition) is 1. The number of piperidine rings is 1. The number of likely N-dealkylation sites (tertiary alicyclic amines) is 1. The van der Waals surface area contributed by atoms with Crippen molar-refractivity contribution >= 4 is 16.9 Å². The Morgan fingerprint density at radius 1 is 1.36 bits per heavy atom. The Morgan fingerprint density at radius 2 is 2.28 bits per heavy atom. The first kappa shape index (κ1) is 15.8. The molecule has 7 nitrogen and oxygen atoms in total. The molecule has 0 spiro atoms. The van der Waals surface area contributed by atoms with Crippen molar-refractivity contribution in [2.45, 2.75) is 38.6 Å². The lowest BCUT2D eigenvalue weighted by molar-refractivity contribution is -0.132. The molecular weight excluding hydrogens is 316 g/mol. The Morgan fingerprint density at radius 3 is 3.12 bits per heavy atom. The van der Waals surface area contributed by atoms with Crippen molar-refractivity contribution in [2.24, 2.45) is 0 Å². The van der Waals surface area contributed by atoms with Gasteiger partial charge in [0, 0.05) is 49.2 Å². The minimum atomic E-state index is 0.195. The number of pyridine rings is 1. The molecule has 7 heteroatoms. The van der Waals surface area contributed by atoms with Gasteiger partial charge in [0.15, 0.2) is 5.65 Å². The molecule has 0 saturated carbocycles. The number of carbonyl (C=O) groups excluding carboxylic acids is 1. The number of H-pyrrole nitrogens is 1. The van der Waals surface area contributed by atoms with Gasteiger partial charge in [-0.1, -0.05) is 0 Å². The molecular formula is C18H22N6O. The van der Waals surface area contributed by atoms with Crippen molar-refractivity contribution in [1.29, 1.82) is 0 Å². The maximum Gasteiger partial charge on any atom is 0.224 e. The molecule has 1 amide bonds. The van der Waals surface area contributed by atoms with E-state index in [1.165, 1.54) is 0 Å². The average Bonchev–Trinajstić information content (AvgIpc) is 3.27. The predicted octanol–water partition coefficient (Wildman–Crippen LogP) is 2.26. The molecule has 130 valence electrons. The van der Waals surface area contributed by atoms with Crippen LogP contribution in [0.2, 0.25) is 0 Å². The quantitative estimate of drug-likeness (QED) is 0.791. The SMILES string of the molecule is Cc1ccn(CCC(=O)N2CCC[C@@H](c3ccc4cn[nH]c4n3)C2)n1. The zero-order chi connectivity index (χ0) is 17.2. The Balaban J connectivity index is 1.40. The number of aryl methyl sites for hydroxylation is 2. The lowest BCUT2D eigenvalue weighted by atomic mass is 9.94. The van der Waals surface area contributed by atoms with E-state index < -0.39 is 0 Å². The maximum atomic E-state index is 12.6. The summed E-state index contributed by atoms with van der Waals surface area (Å²) in [5.41, 5.74) is 2.83. The first-order chi connectivity index (χ1) is 12.2. The van der Waals surface area contributed by atoms with Crippen LogP contribution in [0.4, 0.5) is 0 Å². The van der Waals surface area contributed by atoms with Crippen LogP contribution < -0.4 is 0 Å². The first-order valence-corrected chi connectivity index (χ1v) is 8.77. The van der Waals surface area contributed by atoms with Gasteiger partial charge in [-0.05, 0) is 38.0 Å². The molecule has 0 unspecified atom stereocenters. The number of aromatic amines is 1. The van der Waals surface area contributed by atoms with E-state index >= 15 is 0 Å². The molecule has 3 aromatic rings. The summed E-state index contributed by atoms with van der Waals surface area (Å²) in [5.74, 6) is 0.484. The van der Waals surface area contributed by atoms with Gasteiger partial charge in [-0.3, -0.25) is 14.6 Å². The van der Waals surface area contributed by atoms with E-state index in [9.17, 15) is 4.79 Å². The smallest absolute Gasteiger partial charge is 0.224 e. The normalized spacial score (nSPS) is 18.0. The Hall–Kier alpha value is -2.70. The fourth-order valence-corrected chi connectivity index (χ4v) is 3.47. The van der Waals surface area contributed by atoms with Crippen molar-refractivity contribution in [2.75, 3.05) is 13.1 Å². The number of fused-ring (bicyclic) bond motifs is 1. The molecule has 1 saturated heterocycles. The van der Waals surface area contributed by atoms with Gasteiger partial charge in [0.25, 0.3) is 0 Å². The monoisotopic (exact) mass is 338 g/mol. The van der Waals surface area contributed by atoms with Crippen molar-refractivity contribution < 1.29 is 4.79 Å². The third kappa shape index (κ3) is 3.40. The highest BCUT2D eigenvalue weighted by atomic mass is 16.2. The van der Waals surface area contributed by atoms with Gasteiger partial charge in [0.2, 0.25) is 5.91 Å². The average molecular weight is 338 g/mol. The molecule has 4 rings (SSSR count). The number of nitrogens with one attached hydrogen (secondary N) is 1. The minimum absolute atomic E-state index is 0.195. The molecule has 3 aromatic heterocycles. The Kier molecular flexibility index (Phi) is 4.21. The topological polar surface area (TPSA) is 79.7 Å². The van der Waals surface area contributed by atoms with Gasteiger partial charge < -0.3 is 4.90 Å². The number of hydrogen-bond acceptors (Lipinski definition) is 4. The second-order valence-corrected chi connectivity index (χ2v) is 6.69. The zero-order valence-electron chi connectivity index (χ0n) is 14.4. The van der Waals surface area contributed by atoms with E-state index in [0.717, 1.165) is 48.4 Å². The minimum Gasteiger partial charge on any atom is -0.342 e. The van der Waals surface area contributed by atoms with Crippen molar-refractivity contribution in [3.05, 3.63) is 42.0 Å². The summed E-state index contributed by atoms with van der Waals surface area (Å²) in [6.07, 6.45) is 6.26. The van der Waals surface area contributed by atoms with Crippen LogP contribution in [0.5, 0.6) is 0 Å². The van der Waals surface area contributed by atoms with E-state index in [0.29, 0.717) is 13.0 Å². The van der Waals surface area contributed by atoms with Crippen LogP contribution in [0, 0.1) is 6.92 Å². The molecule has 1 N–H and O–H groups in total. The van der Waals surface area contributed by atoms with Crippen LogP contribution in [0.3, 0.4) is 0 Å². The first-order valence-electron chi connectivity index (χ1n) is 8.77. The number of rotatable bonds is 4. The van der Waals surface area contributed by atoms with Gasteiger partial charge in [-0.25, -0.2) is 4.98 Å². The molecule has 4 heterocycles. The molecule has 0 radical (unpaired) electrons. The number of carbonyl (C=O) groups is 1. The zero-order valence-corrected chi connectivity index (χ0v) is 14.4. The van der Waals surface area contributed by atoms with Crippen molar-refractivity contribution in [1.82, 2.24) is 29.9 Å². The van der Waals surface area contributed by atoms with E-state index in [1.54, 1.807) is 6.20 Å². The molecule has 0 aromatic carbocycles. The molecule has 1 aliphatic rings. The number of aromatic nitrogens is 5. The van der Waals surface area contributed by atoms with Crippen LogP contribution in [-0.4, -0.2) is 48.9 Å². The predicted molar refractivity (Wildman–Crippen MR) is 94.0 cm³/mol. The highest BCUT2D eigenvalue weighted by Crippen LogP contribution is 2.27.